The number of aliphatic hydroxyl groups excluding tert-OH is 2. The van der Waals surface area contributed by atoms with E-state index in [1.165, 1.54) is 6.08 Å². The molecule has 0 bridgehead atoms. The van der Waals surface area contributed by atoms with Crippen molar-refractivity contribution in [3.8, 4) is 0 Å². The lowest BCUT2D eigenvalue weighted by Crippen LogP contribution is -2.29. The first-order valence-corrected chi connectivity index (χ1v) is 8.41. The van der Waals surface area contributed by atoms with Crippen molar-refractivity contribution < 1.29 is 29.3 Å². The summed E-state index contributed by atoms with van der Waals surface area (Å²) in [5.41, 5.74) is 1.30. The van der Waals surface area contributed by atoms with Crippen molar-refractivity contribution in [1.29, 1.82) is 0 Å². The van der Waals surface area contributed by atoms with Gasteiger partial charge < -0.3 is 24.7 Å². The van der Waals surface area contributed by atoms with Crippen LogP contribution >= 0.6 is 0 Å². The molecular weight excluding hydrogens is 354 g/mol. The van der Waals surface area contributed by atoms with Crippen LogP contribution in [0.15, 0.2) is 35.3 Å². The maximum absolute atomic E-state index is 12.7. The monoisotopic (exact) mass is 373 g/mol. The summed E-state index contributed by atoms with van der Waals surface area (Å²) in [6.07, 6.45) is 4.79. The van der Waals surface area contributed by atoms with Gasteiger partial charge in [-0.25, -0.2) is 9.98 Å². The number of hydrogen-bond acceptors (Lipinski definition) is 8. The zero-order valence-corrected chi connectivity index (χ0v) is 14.6. The third kappa shape index (κ3) is 3.74. The van der Waals surface area contributed by atoms with Crippen LogP contribution in [0.5, 0.6) is 0 Å². The van der Waals surface area contributed by atoms with E-state index in [2.05, 4.69) is 15.0 Å². The predicted molar refractivity (Wildman–Crippen MR) is 95.7 cm³/mol. The number of hydrogen-bond donors (Lipinski definition) is 3. The van der Waals surface area contributed by atoms with Crippen LogP contribution in [0.4, 0.5) is 0 Å². The summed E-state index contributed by atoms with van der Waals surface area (Å²) in [6.45, 7) is 0.794. The van der Waals surface area contributed by atoms with Gasteiger partial charge in [0.2, 0.25) is 11.7 Å². The molecule has 0 amide bonds. The molecule has 1 aliphatic heterocycles. The molecule has 9 heteroatoms. The second kappa shape index (κ2) is 8.11. The molecule has 0 radical (unpaired) electrons. The molecule has 1 atom stereocenters. The van der Waals surface area contributed by atoms with E-state index in [0.29, 0.717) is 11.2 Å². The maximum Gasteiger partial charge on any atom is 0.326 e. The van der Waals surface area contributed by atoms with Crippen LogP contribution in [0.3, 0.4) is 0 Å². The van der Waals surface area contributed by atoms with Gasteiger partial charge in [0.25, 0.3) is 0 Å². The zero-order valence-electron chi connectivity index (χ0n) is 14.6. The Morgan fingerprint density at radius 3 is 2.96 bits per heavy atom. The number of aliphatic imine (C=N–C) groups is 1. The topological polar surface area (TPSA) is 134 Å². The largest absolute Gasteiger partial charge is 0.465 e. The summed E-state index contributed by atoms with van der Waals surface area (Å²) in [5.74, 6) is -3.03. The number of Topliss-reactive ketones (excluding diaryl/α,β-unsaturated/α-hetero) is 1. The summed E-state index contributed by atoms with van der Waals surface area (Å²) in [5, 5.41) is 19.2. The molecule has 3 heterocycles. The summed E-state index contributed by atoms with van der Waals surface area (Å²) < 4.78 is 10.5. The first-order valence-electron chi connectivity index (χ1n) is 8.41. The van der Waals surface area contributed by atoms with Crippen LogP contribution in [0.25, 0.3) is 17.1 Å². The molecule has 1 aliphatic rings. The van der Waals surface area contributed by atoms with E-state index in [1.54, 1.807) is 25.4 Å². The van der Waals surface area contributed by atoms with Crippen molar-refractivity contribution in [3.63, 3.8) is 0 Å². The second-order valence-electron chi connectivity index (χ2n) is 5.79. The van der Waals surface area contributed by atoms with E-state index in [9.17, 15) is 19.8 Å². The molecule has 2 aromatic rings. The number of nitrogens with one attached hydrogen (secondary N) is 1. The highest BCUT2D eigenvalue weighted by atomic mass is 16.5. The number of pyridine rings is 1. The molecule has 1 unspecified atom stereocenters. The maximum atomic E-state index is 12.7. The molecule has 142 valence electrons. The van der Waals surface area contributed by atoms with Crippen LogP contribution in [0.2, 0.25) is 0 Å². The highest BCUT2D eigenvalue weighted by Crippen LogP contribution is 2.27. The van der Waals surface area contributed by atoms with Gasteiger partial charge in [0, 0.05) is 23.3 Å². The van der Waals surface area contributed by atoms with Crippen LogP contribution in [-0.4, -0.2) is 63.7 Å². The van der Waals surface area contributed by atoms with Crippen molar-refractivity contribution in [1.82, 2.24) is 9.97 Å². The Bertz CT molecular complexity index is 913. The molecule has 0 aliphatic carbocycles. The minimum absolute atomic E-state index is 0.0776. The molecule has 9 nitrogen and oxygen atoms in total. The van der Waals surface area contributed by atoms with Crippen molar-refractivity contribution in [2.75, 3.05) is 19.8 Å². The summed E-state index contributed by atoms with van der Waals surface area (Å²) >= 11 is 0. The minimum atomic E-state index is -1.36. The first kappa shape index (κ1) is 18.7. The molecule has 0 saturated carbocycles. The van der Waals surface area contributed by atoms with E-state index in [0.717, 1.165) is 5.39 Å². The average molecular weight is 373 g/mol. The molecule has 1 saturated heterocycles. The van der Waals surface area contributed by atoms with Gasteiger partial charge in [-0.1, -0.05) is 0 Å². The SMILES string of the molecule is CCOC(=O)C1C(=O)/C(=C/c2c[nH]c3ncccc23)OC1=NC(CO)CO. The summed E-state index contributed by atoms with van der Waals surface area (Å²) in [6, 6.07) is 2.69. The van der Waals surface area contributed by atoms with Crippen molar-refractivity contribution in [2.45, 2.75) is 13.0 Å². The molecule has 3 N–H and O–H groups in total. The summed E-state index contributed by atoms with van der Waals surface area (Å²) in [4.78, 5) is 36.1. The lowest BCUT2D eigenvalue weighted by molar-refractivity contribution is -0.147. The van der Waals surface area contributed by atoms with Gasteiger partial charge in [-0.05, 0) is 25.1 Å². The number of rotatable bonds is 6. The zero-order chi connectivity index (χ0) is 19.4. The molecule has 0 aromatic carbocycles. The highest BCUT2D eigenvalue weighted by Gasteiger charge is 2.45. The molecular formula is C18H19N3O6. The number of carbonyl (C=O) groups is 2. The number of esters is 1. The second-order valence-corrected chi connectivity index (χ2v) is 5.79. The van der Waals surface area contributed by atoms with Crippen molar-refractivity contribution in [3.05, 3.63) is 35.8 Å². The lowest BCUT2D eigenvalue weighted by atomic mass is 10.0. The van der Waals surface area contributed by atoms with Crippen LogP contribution < -0.4 is 0 Å². The molecule has 27 heavy (non-hydrogen) atoms. The Balaban J connectivity index is 1.99. The van der Waals surface area contributed by atoms with Crippen LogP contribution in [0.1, 0.15) is 12.5 Å². The van der Waals surface area contributed by atoms with Gasteiger partial charge in [-0.2, -0.15) is 0 Å². The van der Waals surface area contributed by atoms with Gasteiger partial charge in [0.05, 0.1) is 25.9 Å². The van der Waals surface area contributed by atoms with Crippen LogP contribution in [0, 0.1) is 5.92 Å². The number of allylic oxidation sites excluding steroid dienone is 1. The van der Waals surface area contributed by atoms with Gasteiger partial charge in [-0.3, -0.25) is 9.59 Å². The number of carbonyl (C=O) groups excluding carboxylic acids is 2. The van der Waals surface area contributed by atoms with Gasteiger partial charge in [-0.15, -0.1) is 0 Å². The number of aromatic amines is 1. The molecule has 0 spiro atoms. The molecule has 2 aromatic heterocycles. The number of ketones is 1. The number of H-pyrrole nitrogens is 1. The number of ether oxygens (including phenoxy) is 2. The van der Waals surface area contributed by atoms with Gasteiger partial charge >= 0.3 is 5.97 Å². The summed E-state index contributed by atoms with van der Waals surface area (Å²) in [7, 11) is 0. The van der Waals surface area contributed by atoms with Gasteiger partial charge in [0.1, 0.15) is 5.65 Å². The lowest BCUT2D eigenvalue weighted by Gasteiger charge is -2.09. The molecule has 1 fully saturated rings. The number of aromatic nitrogens is 2. The first-order chi connectivity index (χ1) is 13.1. The van der Waals surface area contributed by atoms with E-state index in [1.807, 2.05) is 6.07 Å². The smallest absolute Gasteiger partial charge is 0.326 e. The standard InChI is InChI=1S/C18H19N3O6/c1-2-26-18(25)14-15(24)13(27-17(14)21-11(8-22)9-23)6-10-7-20-16-12(10)4-3-5-19-16/h3-7,11,14,22-23H,2,8-9H2,1H3,(H,19,20)/b13-6-,21-17?. The quantitative estimate of drug-likeness (QED) is 0.380. The third-order valence-corrected chi connectivity index (χ3v) is 3.99. The van der Waals surface area contributed by atoms with Gasteiger partial charge in [0.15, 0.2) is 11.7 Å². The Morgan fingerprint density at radius 2 is 2.26 bits per heavy atom. The van der Waals surface area contributed by atoms with E-state index in [-0.39, 0.29) is 18.3 Å². The van der Waals surface area contributed by atoms with E-state index in [4.69, 9.17) is 9.47 Å². The van der Waals surface area contributed by atoms with Crippen LogP contribution in [-0.2, 0) is 19.1 Å². The number of nitrogens with zero attached hydrogens (tertiary/aromatic N) is 2. The van der Waals surface area contributed by atoms with Crippen molar-refractivity contribution in [2.24, 2.45) is 10.9 Å². The van der Waals surface area contributed by atoms with E-state index >= 15 is 0 Å². The fraction of sp³-hybridized carbons (Fsp3) is 0.333. The third-order valence-electron chi connectivity index (χ3n) is 3.99. The number of aliphatic hydroxyl groups is 2. The average Bonchev–Trinajstić information content (AvgIpc) is 3.21. The highest BCUT2D eigenvalue weighted by molar-refractivity contribution is 6.27. The van der Waals surface area contributed by atoms with E-state index < -0.39 is 36.9 Å². The minimum Gasteiger partial charge on any atom is -0.465 e. The predicted octanol–water partition coefficient (Wildman–Crippen LogP) is 0.434. The number of fused-ring (bicyclic) bond motifs is 1. The molecule has 3 rings (SSSR count). The normalized spacial score (nSPS) is 20.0. The van der Waals surface area contributed by atoms with Crippen molar-refractivity contribution >= 4 is 34.8 Å². The Morgan fingerprint density at radius 1 is 1.48 bits per heavy atom. The Labute approximate surface area is 154 Å². The Kier molecular flexibility index (Phi) is 5.63. The fourth-order valence-electron chi connectivity index (χ4n) is 2.67. The Hall–Kier alpha value is -3.04. The fourth-order valence-corrected chi connectivity index (χ4v) is 2.67.